The highest BCUT2D eigenvalue weighted by Crippen LogP contribution is 2.31. The average molecular weight is 309 g/mol. The van der Waals surface area contributed by atoms with Crippen molar-refractivity contribution in [3.05, 3.63) is 23.8 Å². The molecule has 0 saturated heterocycles. The molecule has 1 fully saturated rings. The van der Waals surface area contributed by atoms with Gasteiger partial charge in [-0.25, -0.2) is 0 Å². The summed E-state index contributed by atoms with van der Waals surface area (Å²) in [5.41, 5.74) is 8.16. The number of nitrogens with zero attached hydrogens (tertiary/aromatic N) is 1. The highest BCUT2D eigenvalue weighted by atomic mass is 32.2. The van der Waals surface area contributed by atoms with Crippen molar-refractivity contribution in [2.75, 3.05) is 24.7 Å². The van der Waals surface area contributed by atoms with Gasteiger partial charge in [-0.2, -0.15) is 0 Å². The minimum atomic E-state index is 0.500. The van der Waals surface area contributed by atoms with Crippen LogP contribution in [0.3, 0.4) is 0 Å². The molecule has 0 spiro atoms. The SMILES string of the molecule is CSc1cccc(N(C)CC2CCCCC2)c1C(N)=S. The van der Waals surface area contributed by atoms with Gasteiger partial charge < -0.3 is 10.6 Å². The molecule has 2 nitrogen and oxygen atoms in total. The fourth-order valence-corrected chi connectivity index (χ4v) is 4.02. The summed E-state index contributed by atoms with van der Waals surface area (Å²) in [6.45, 7) is 1.10. The Morgan fingerprint density at radius 3 is 2.65 bits per heavy atom. The molecule has 2 N–H and O–H groups in total. The zero-order chi connectivity index (χ0) is 14.5. The molecule has 0 amide bonds. The van der Waals surface area contributed by atoms with E-state index in [-0.39, 0.29) is 0 Å². The lowest BCUT2D eigenvalue weighted by Crippen LogP contribution is -2.29. The van der Waals surface area contributed by atoms with Gasteiger partial charge in [-0.05, 0) is 37.1 Å². The lowest BCUT2D eigenvalue weighted by atomic mass is 9.89. The van der Waals surface area contributed by atoms with Crippen molar-refractivity contribution >= 4 is 34.7 Å². The highest BCUT2D eigenvalue weighted by molar-refractivity contribution is 7.98. The third-order valence-electron chi connectivity index (χ3n) is 4.14. The van der Waals surface area contributed by atoms with E-state index in [0.717, 1.165) is 18.0 Å². The maximum absolute atomic E-state index is 5.95. The number of anilines is 1. The number of nitrogens with two attached hydrogens (primary N) is 1. The molecule has 110 valence electrons. The van der Waals surface area contributed by atoms with E-state index in [4.69, 9.17) is 18.0 Å². The van der Waals surface area contributed by atoms with Crippen molar-refractivity contribution in [3.8, 4) is 0 Å². The number of benzene rings is 1. The molecule has 0 radical (unpaired) electrons. The van der Waals surface area contributed by atoms with Crippen LogP contribution in [0, 0.1) is 5.92 Å². The summed E-state index contributed by atoms with van der Waals surface area (Å²) in [6.07, 6.45) is 8.95. The van der Waals surface area contributed by atoms with E-state index in [9.17, 15) is 0 Å². The first kappa shape index (κ1) is 15.6. The van der Waals surface area contributed by atoms with E-state index in [2.05, 4.69) is 36.4 Å². The van der Waals surface area contributed by atoms with Gasteiger partial charge in [-0.3, -0.25) is 0 Å². The van der Waals surface area contributed by atoms with Gasteiger partial charge >= 0.3 is 0 Å². The normalized spacial score (nSPS) is 16.1. The molecule has 4 heteroatoms. The lowest BCUT2D eigenvalue weighted by Gasteiger charge is -2.30. The van der Waals surface area contributed by atoms with Crippen LogP contribution in [-0.2, 0) is 0 Å². The molecule has 2 rings (SSSR count). The maximum atomic E-state index is 5.95. The Morgan fingerprint density at radius 2 is 2.05 bits per heavy atom. The number of hydrogen-bond donors (Lipinski definition) is 1. The maximum Gasteiger partial charge on any atom is 0.107 e. The third kappa shape index (κ3) is 3.67. The molecular formula is C16H24N2S2. The van der Waals surface area contributed by atoms with Crippen LogP contribution in [0.15, 0.2) is 23.1 Å². The zero-order valence-corrected chi connectivity index (χ0v) is 14.0. The van der Waals surface area contributed by atoms with Gasteiger partial charge in [0, 0.05) is 29.7 Å². The second-order valence-electron chi connectivity index (χ2n) is 5.60. The second kappa shape index (κ2) is 7.32. The quantitative estimate of drug-likeness (QED) is 0.656. The van der Waals surface area contributed by atoms with Crippen LogP contribution in [0.25, 0.3) is 0 Å². The predicted octanol–water partition coefficient (Wildman–Crippen LogP) is 4.06. The van der Waals surface area contributed by atoms with Crippen molar-refractivity contribution < 1.29 is 0 Å². The first-order chi connectivity index (χ1) is 9.63. The van der Waals surface area contributed by atoms with E-state index < -0.39 is 0 Å². The monoisotopic (exact) mass is 308 g/mol. The molecule has 0 bridgehead atoms. The predicted molar refractivity (Wildman–Crippen MR) is 94.0 cm³/mol. The van der Waals surface area contributed by atoms with Crippen molar-refractivity contribution in [2.24, 2.45) is 11.7 Å². The molecule has 0 atom stereocenters. The van der Waals surface area contributed by atoms with Gasteiger partial charge in [-0.15, -0.1) is 11.8 Å². The largest absolute Gasteiger partial charge is 0.389 e. The molecular weight excluding hydrogens is 284 g/mol. The van der Waals surface area contributed by atoms with E-state index in [1.54, 1.807) is 11.8 Å². The summed E-state index contributed by atoms with van der Waals surface area (Å²) in [6, 6.07) is 6.33. The molecule has 20 heavy (non-hydrogen) atoms. The summed E-state index contributed by atoms with van der Waals surface area (Å²) in [5, 5.41) is 0. The summed E-state index contributed by atoms with van der Waals surface area (Å²) >= 11 is 6.97. The first-order valence-electron chi connectivity index (χ1n) is 7.31. The first-order valence-corrected chi connectivity index (χ1v) is 8.94. The number of thioether (sulfide) groups is 1. The Kier molecular flexibility index (Phi) is 5.73. The number of thiocarbonyl (C=S) groups is 1. The Balaban J connectivity index is 2.19. The average Bonchev–Trinajstić information content (AvgIpc) is 2.47. The standard InChI is InChI=1S/C16H24N2S2/c1-18(11-12-7-4-3-5-8-12)13-9-6-10-14(20-2)15(13)16(17)19/h6,9-10,12H,3-5,7-8,11H2,1-2H3,(H2,17,19). The van der Waals surface area contributed by atoms with Crippen LogP contribution in [0.4, 0.5) is 5.69 Å². The molecule has 0 aromatic heterocycles. The fourth-order valence-electron chi connectivity index (χ4n) is 3.11. The summed E-state index contributed by atoms with van der Waals surface area (Å²) in [7, 11) is 2.16. The summed E-state index contributed by atoms with van der Waals surface area (Å²) in [4.78, 5) is 4.01. The molecule has 0 unspecified atom stereocenters. The molecule has 1 aliphatic rings. The smallest absolute Gasteiger partial charge is 0.107 e. The van der Waals surface area contributed by atoms with Gasteiger partial charge in [0.25, 0.3) is 0 Å². The van der Waals surface area contributed by atoms with Crippen molar-refractivity contribution in [1.82, 2.24) is 0 Å². The number of hydrogen-bond acceptors (Lipinski definition) is 3. The Hall–Kier alpha value is -0.740. The molecule has 1 aliphatic carbocycles. The van der Waals surface area contributed by atoms with Gasteiger partial charge in [0.05, 0.1) is 0 Å². The summed E-state index contributed by atoms with van der Waals surface area (Å²) in [5.74, 6) is 0.811. The lowest BCUT2D eigenvalue weighted by molar-refractivity contribution is 0.362. The van der Waals surface area contributed by atoms with Crippen LogP contribution in [0.5, 0.6) is 0 Å². The van der Waals surface area contributed by atoms with E-state index in [0.29, 0.717) is 4.99 Å². The van der Waals surface area contributed by atoms with Crippen molar-refractivity contribution in [3.63, 3.8) is 0 Å². The molecule has 0 heterocycles. The van der Waals surface area contributed by atoms with Gasteiger partial charge in [0.2, 0.25) is 0 Å². The van der Waals surface area contributed by atoms with Gasteiger partial charge in [0.15, 0.2) is 0 Å². The summed E-state index contributed by atoms with van der Waals surface area (Å²) < 4.78 is 0. The van der Waals surface area contributed by atoms with E-state index >= 15 is 0 Å². The van der Waals surface area contributed by atoms with E-state index in [1.807, 2.05) is 0 Å². The molecule has 1 aromatic carbocycles. The highest BCUT2D eigenvalue weighted by Gasteiger charge is 2.19. The van der Waals surface area contributed by atoms with Crippen molar-refractivity contribution in [1.29, 1.82) is 0 Å². The Bertz CT molecular complexity index is 468. The third-order valence-corrected chi connectivity index (χ3v) is 5.12. The van der Waals surface area contributed by atoms with Gasteiger partial charge in [-0.1, -0.05) is 37.5 Å². The van der Waals surface area contributed by atoms with Crippen molar-refractivity contribution in [2.45, 2.75) is 37.0 Å². The van der Waals surface area contributed by atoms with Crippen LogP contribution in [0.2, 0.25) is 0 Å². The van der Waals surface area contributed by atoms with Crippen LogP contribution in [0.1, 0.15) is 37.7 Å². The van der Waals surface area contributed by atoms with Crippen LogP contribution < -0.4 is 10.6 Å². The van der Waals surface area contributed by atoms with Gasteiger partial charge in [0.1, 0.15) is 4.99 Å². The molecule has 0 aliphatic heterocycles. The molecule has 1 aromatic rings. The van der Waals surface area contributed by atoms with E-state index in [1.165, 1.54) is 42.7 Å². The Morgan fingerprint density at radius 1 is 1.35 bits per heavy atom. The Labute approximate surface area is 132 Å². The zero-order valence-electron chi connectivity index (χ0n) is 12.4. The topological polar surface area (TPSA) is 29.3 Å². The number of rotatable bonds is 5. The van der Waals surface area contributed by atoms with Crippen LogP contribution in [-0.4, -0.2) is 24.8 Å². The fraction of sp³-hybridized carbons (Fsp3) is 0.562. The van der Waals surface area contributed by atoms with Crippen LogP contribution >= 0.6 is 24.0 Å². The minimum absolute atomic E-state index is 0.500. The second-order valence-corrected chi connectivity index (χ2v) is 6.89. The molecule has 1 saturated carbocycles. The minimum Gasteiger partial charge on any atom is -0.389 e.